The molecule has 0 unspecified atom stereocenters. The molecule has 0 amide bonds. The average Bonchev–Trinajstić information content (AvgIpc) is 2.72. The number of nitrogens with zero attached hydrogens (tertiary/aromatic N) is 1. The molecule has 0 spiro atoms. The third-order valence-corrected chi connectivity index (χ3v) is 2.81. The molecule has 0 aliphatic carbocycles. The molecule has 0 bridgehead atoms. The summed E-state index contributed by atoms with van der Waals surface area (Å²) in [6, 6.07) is 3.68. The molecule has 2 N–H and O–H groups in total. The Labute approximate surface area is 98.8 Å². The Morgan fingerprint density at radius 3 is 2.65 bits per heavy atom. The van der Waals surface area contributed by atoms with Crippen LogP contribution in [-0.4, -0.2) is 4.98 Å². The van der Waals surface area contributed by atoms with E-state index in [1.165, 1.54) is 24.6 Å². The van der Waals surface area contributed by atoms with Crippen LogP contribution >= 0.6 is 11.8 Å². The molecule has 0 fully saturated rings. The van der Waals surface area contributed by atoms with Crippen LogP contribution < -0.4 is 5.73 Å². The fraction of sp³-hybridized carbons (Fsp3) is 0.100. The molecule has 0 radical (unpaired) electrons. The lowest BCUT2D eigenvalue weighted by atomic mass is 10.2. The van der Waals surface area contributed by atoms with E-state index < -0.39 is 11.7 Å². The van der Waals surface area contributed by atoms with E-state index in [2.05, 4.69) is 4.98 Å². The molecule has 0 aliphatic rings. The van der Waals surface area contributed by atoms with Gasteiger partial charge in [-0.15, -0.1) is 0 Å². The van der Waals surface area contributed by atoms with Crippen LogP contribution in [0.1, 0.15) is 5.56 Å². The predicted molar refractivity (Wildman–Crippen MR) is 56.5 cm³/mol. The molecule has 1 heterocycles. The second-order valence-electron chi connectivity index (χ2n) is 3.15. The average molecular weight is 260 g/mol. The summed E-state index contributed by atoms with van der Waals surface area (Å²) in [4.78, 5) is 4.18. The monoisotopic (exact) mass is 260 g/mol. The number of aromatic nitrogens is 1. The zero-order valence-corrected chi connectivity index (χ0v) is 9.18. The quantitative estimate of drug-likeness (QED) is 0.840. The van der Waals surface area contributed by atoms with Crippen molar-refractivity contribution in [3.05, 3.63) is 36.2 Å². The number of benzene rings is 1. The van der Waals surface area contributed by atoms with Gasteiger partial charge in [0.1, 0.15) is 6.26 Å². The van der Waals surface area contributed by atoms with Crippen LogP contribution in [-0.2, 0) is 6.18 Å². The van der Waals surface area contributed by atoms with Gasteiger partial charge in [-0.1, -0.05) is 0 Å². The van der Waals surface area contributed by atoms with Crippen molar-refractivity contribution in [1.29, 1.82) is 0 Å². The standard InChI is InChI=1S/C10H7F3N2OS/c11-10(12,13)7-5-6(1-2-8(7)14)17-9-15-3-4-16-9/h1-5H,14H2. The van der Waals surface area contributed by atoms with E-state index >= 15 is 0 Å². The van der Waals surface area contributed by atoms with Gasteiger partial charge in [0.25, 0.3) is 5.22 Å². The van der Waals surface area contributed by atoms with Crippen molar-refractivity contribution in [2.45, 2.75) is 16.3 Å². The minimum Gasteiger partial charge on any atom is -0.440 e. The molecule has 0 saturated heterocycles. The molecule has 0 aliphatic heterocycles. The number of hydrogen-bond donors (Lipinski definition) is 1. The summed E-state index contributed by atoms with van der Waals surface area (Å²) in [6.07, 6.45) is -1.69. The lowest BCUT2D eigenvalue weighted by Crippen LogP contribution is -2.08. The maximum Gasteiger partial charge on any atom is 0.418 e. The molecule has 7 heteroatoms. The van der Waals surface area contributed by atoms with Crippen LogP contribution in [0.25, 0.3) is 0 Å². The van der Waals surface area contributed by atoms with Crippen molar-refractivity contribution < 1.29 is 17.6 Å². The van der Waals surface area contributed by atoms with Crippen molar-refractivity contribution in [2.75, 3.05) is 5.73 Å². The number of halogens is 3. The summed E-state index contributed by atoms with van der Waals surface area (Å²) in [7, 11) is 0. The van der Waals surface area contributed by atoms with Crippen LogP contribution in [0.3, 0.4) is 0 Å². The molecule has 90 valence electrons. The lowest BCUT2D eigenvalue weighted by molar-refractivity contribution is -0.137. The predicted octanol–water partition coefficient (Wildman–Crippen LogP) is 3.43. The SMILES string of the molecule is Nc1ccc(Sc2ncco2)cc1C(F)(F)F. The Morgan fingerprint density at radius 2 is 2.06 bits per heavy atom. The van der Waals surface area contributed by atoms with E-state index in [1.807, 2.05) is 0 Å². The molecule has 3 nitrogen and oxygen atoms in total. The number of alkyl halides is 3. The van der Waals surface area contributed by atoms with Crippen molar-refractivity contribution in [1.82, 2.24) is 4.98 Å². The molecule has 2 aromatic rings. The third kappa shape index (κ3) is 2.73. The van der Waals surface area contributed by atoms with Gasteiger partial charge in [0, 0.05) is 10.6 Å². The van der Waals surface area contributed by atoms with Crippen LogP contribution in [0, 0.1) is 0 Å². The van der Waals surface area contributed by atoms with Gasteiger partial charge in [-0.3, -0.25) is 0 Å². The van der Waals surface area contributed by atoms with Gasteiger partial charge in [0.05, 0.1) is 11.8 Å². The van der Waals surface area contributed by atoms with Gasteiger partial charge in [-0.05, 0) is 30.0 Å². The highest BCUT2D eigenvalue weighted by Gasteiger charge is 2.33. The highest BCUT2D eigenvalue weighted by molar-refractivity contribution is 7.99. The van der Waals surface area contributed by atoms with Gasteiger partial charge < -0.3 is 10.2 Å². The number of nitrogen functional groups attached to an aromatic ring is 1. The smallest absolute Gasteiger partial charge is 0.418 e. The van der Waals surface area contributed by atoms with Gasteiger partial charge >= 0.3 is 6.18 Å². The van der Waals surface area contributed by atoms with Crippen LogP contribution in [0.2, 0.25) is 0 Å². The maximum absolute atomic E-state index is 12.6. The van der Waals surface area contributed by atoms with Crippen molar-refractivity contribution in [3.63, 3.8) is 0 Å². The number of rotatable bonds is 2. The minimum absolute atomic E-state index is 0.280. The summed E-state index contributed by atoms with van der Waals surface area (Å²) < 4.78 is 42.7. The molecule has 0 atom stereocenters. The normalized spacial score (nSPS) is 11.7. The summed E-state index contributed by atoms with van der Waals surface area (Å²) in [6.45, 7) is 0. The van der Waals surface area contributed by atoms with Gasteiger partial charge in [0.15, 0.2) is 0 Å². The number of oxazole rings is 1. The lowest BCUT2D eigenvalue weighted by Gasteiger charge is -2.10. The van der Waals surface area contributed by atoms with Gasteiger partial charge in [0.2, 0.25) is 0 Å². The minimum atomic E-state index is -4.46. The molecule has 17 heavy (non-hydrogen) atoms. The largest absolute Gasteiger partial charge is 0.440 e. The van der Waals surface area contributed by atoms with Crippen molar-refractivity contribution >= 4 is 17.4 Å². The molecule has 1 aromatic heterocycles. The molecule has 1 aromatic carbocycles. The van der Waals surface area contributed by atoms with E-state index in [9.17, 15) is 13.2 Å². The zero-order valence-electron chi connectivity index (χ0n) is 8.36. The van der Waals surface area contributed by atoms with Crippen LogP contribution in [0.4, 0.5) is 18.9 Å². The first-order valence-corrected chi connectivity index (χ1v) is 5.32. The summed E-state index contributed by atoms with van der Waals surface area (Å²) in [5, 5.41) is 0.280. The van der Waals surface area contributed by atoms with E-state index in [1.54, 1.807) is 0 Å². The Kier molecular flexibility index (Phi) is 3.01. The number of nitrogens with two attached hydrogens (primary N) is 1. The highest BCUT2D eigenvalue weighted by atomic mass is 32.2. The van der Waals surface area contributed by atoms with Crippen molar-refractivity contribution in [2.24, 2.45) is 0 Å². The summed E-state index contributed by atoms with van der Waals surface area (Å²) >= 11 is 1.000. The second kappa shape index (κ2) is 4.33. The second-order valence-corrected chi connectivity index (χ2v) is 4.17. The summed E-state index contributed by atoms with van der Waals surface area (Å²) in [5.74, 6) is 0. The van der Waals surface area contributed by atoms with Gasteiger partial charge in [-0.2, -0.15) is 13.2 Å². The molecular weight excluding hydrogens is 253 g/mol. The van der Waals surface area contributed by atoms with Crippen LogP contribution in [0.15, 0.2) is 45.2 Å². The van der Waals surface area contributed by atoms with E-state index in [0.717, 1.165) is 17.8 Å². The number of hydrogen-bond acceptors (Lipinski definition) is 4. The first kappa shape index (κ1) is 11.8. The topological polar surface area (TPSA) is 52.0 Å². The molecule has 2 rings (SSSR count). The molecular formula is C10H7F3N2OS. The fourth-order valence-electron chi connectivity index (χ4n) is 1.21. The van der Waals surface area contributed by atoms with Crippen molar-refractivity contribution in [3.8, 4) is 0 Å². The Balaban J connectivity index is 2.31. The Hall–Kier alpha value is -1.63. The fourth-order valence-corrected chi connectivity index (χ4v) is 1.94. The zero-order chi connectivity index (χ0) is 12.5. The highest BCUT2D eigenvalue weighted by Crippen LogP contribution is 2.37. The molecule has 0 saturated carbocycles. The maximum atomic E-state index is 12.6. The number of anilines is 1. The first-order valence-electron chi connectivity index (χ1n) is 4.51. The Bertz CT molecular complexity index is 511. The van der Waals surface area contributed by atoms with Crippen LogP contribution in [0.5, 0.6) is 0 Å². The van der Waals surface area contributed by atoms with E-state index in [-0.39, 0.29) is 10.9 Å². The Morgan fingerprint density at radius 1 is 1.29 bits per heavy atom. The first-order chi connectivity index (χ1) is 7.97. The van der Waals surface area contributed by atoms with E-state index in [4.69, 9.17) is 10.2 Å². The van der Waals surface area contributed by atoms with Gasteiger partial charge in [-0.25, -0.2) is 4.98 Å². The third-order valence-electron chi connectivity index (χ3n) is 1.94. The van der Waals surface area contributed by atoms with E-state index in [0.29, 0.717) is 4.90 Å². The summed E-state index contributed by atoms with van der Waals surface area (Å²) in [5.41, 5.74) is 4.13.